The largest absolute Gasteiger partial charge is 0.454 e. The van der Waals surface area contributed by atoms with Gasteiger partial charge in [-0.3, -0.25) is 4.57 Å². The molecular formula is C13H12F2N2O4S. The summed E-state index contributed by atoms with van der Waals surface area (Å²) >= 11 is 0. The van der Waals surface area contributed by atoms with Crippen LogP contribution in [0.2, 0.25) is 0 Å². The molecule has 0 aliphatic rings. The zero-order valence-corrected chi connectivity index (χ0v) is 12.3. The van der Waals surface area contributed by atoms with E-state index in [2.05, 4.69) is 4.98 Å². The second-order valence-corrected chi connectivity index (χ2v) is 6.42. The van der Waals surface area contributed by atoms with Crippen molar-refractivity contribution in [1.82, 2.24) is 9.55 Å². The molecule has 22 heavy (non-hydrogen) atoms. The lowest BCUT2D eigenvalue weighted by Crippen LogP contribution is -2.10. The highest BCUT2D eigenvalue weighted by atomic mass is 32.2. The normalized spacial score (nSPS) is 11.6. The van der Waals surface area contributed by atoms with Crippen LogP contribution in [0.25, 0.3) is 0 Å². The molecule has 0 aliphatic heterocycles. The van der Waals surface area contributed by atoms with E-state index >= 15 is 0 Å². The van der Waals surface area contributed by atoms with E-state index in [1.54, 1.807) is 0 Å². The quantitative estimate of drug-likeness (QED) is 0.784. The lowest BCUT2D eigenvalue weighted by Gasteiger charge is -2.07. The van der Waals surface area contributed by atoms with Crippen LogP contribution in [0, 0.1) is 0 Å². The van der Waals surface area contributed by atoms with E-state index in [-0.39, 0.29) is 16.3 Å². The summed E-state index contributed by atoms with van der Waals surface area (Å²) < 4.78 is 53.2. The maximum absolute atomic E-state index is 12.6. The molecule has 1 heterocycles. The molecule has 0 saturated carbocycles. The Kier molecular flexibility index (Phi) is 4.55. The van der Waals surface area contributed by atoms with Crippen LogP contribution in [0.5, 0.6) is 0 Å². The van der Waals surface area contributed by atoms with Gasteiger partial charge in [0.2, 0.25) is 0 Å². The molecule has 0 spiro atoms. The number of nitrogens with zero attached hydrogens (tertiary/aromatic N) is 2. The summed E-state index contributed by atoms with van der Waals surface area (Å²) in [6, 6.07) is 5.12. The van der Waals surface area contributed by atoms with Crippen molar-refractivity contribution < 1.29 is 26.7 Å². The van der Waals surface area contributed by atoms with Crippen LogP contribution in [0.4, 0.5) is 8.78 Å². The van der Waals surface area contributed by atoms with Gasteiger partial charge in [0, 0.05) is 18.6 Å². The van der Waals surface area contributed by atoms with E-state index in [1.807, 2.05) is 0 Å². The number of esters is 1. The minimum absolute atomic E-state index is 0.0669. The number of imidazole rings is 1. The Balaban J connectivity index is 2.05. The number of alkyl halides is 2. The summed E-state index contributed by atoms with van der Waals surface area (Å²) in [5, 5.41) is 0. The summed E-state index contributed by atoms with van der Waals surface area (Å²) in [6.45, 7) is -3.19. The number of ether oxygens (including phenoxy) is 1. The fraction of sp³-hybridized carbons (Fsp3) is 0.231. The third-order valence-electron chi connectivity index (χ3n) is 2.81. The highest BCUT2D eigenvalue weighted by Crippen LogP contribution is 2.15. The Bertz CT molecular complexity index is 770. The fourth-order valence-electron chi connectivity index (χ4n) is 1.69. The van der Waals surface area contributed by atoms with E-state index in [4.69, 9.17) is 4.74 Å². The van der Waals surface area contributed by atoms with Crippen molar-refractivity contribution in [3.05, 3.63) is 48.0 Å². The summed E-state index contributed by atoms with van der Waals surface area (Å²) in [5.74, 6) is -0.847. The molecular weight excluding hydrogens is 318 g/mol. The minimum atomic E-state index is -3.36. The van der Waals surface area contributed by atoms with E-state index in [0.717, 1.165) is 12.5 Å². The second kappa shape index (κ2) is 6.22. The highest BCUT2D eigenvalue weighted by Gasteiger charge is 2.15. The van der Waals surface area contributed by atoms with Crippen LogP contribution in [-0.2, 0) is 21.2 Å². The number of rotatable bonds is 5. The molecule has 0 fully saturated rings. The zero-order chi connectivity index (χ0) is 16.3. The number of carbonyl (C=O) groups is 1. The monoisotopic (exact) mass is 330 g/mol. The zero-order valence-electron chi connectivity index (χ0n) is 11.4. The van der Waals surface area contributed by atoms with Crippen LogP contribution < -0.4 is 0 Å². The van der Waals surface area contributed by atoms with E-state index in [9.17, 15) is 22.0 Å². The molecule has 2 rings (SSSR count). The Morgan fingerprint density at radius 2 is 1.95 bits per heavy atom. The Morgan fingerprint density at radius 3 is 2.50 bits per heavy atom. The standard InChI is InChI=1S/C13H12F2N2O4S/c1-22(19,20)10-4-2-9(3-5-10)12(18)21-8-11-16-6-7-17(11)13(14)15/h2-7,13H,8H2,1H3. The lowest BCUT2D eigenvalue weighted by molar-refractivity contribution is 0.0376. The fourth-order valence-corrected chi connectivity index (χ4v) is 2.32. The molecule has 0 atom stereocenters. The average Bonchev–Trinajstić information content (AvgIpc) is 2.92. The molecule has 0 unspecified atom stereocenters. The van der Waals surface area contributed by atoms with Gasteiger partial charge in [-0.15, -0.1) is 0 Å². The van der Waals surface area contributed by atoms with Gasteiger partial charge in [0.05, 0.1) is 10.5 Å². The summed E-state index contributed by atoms with van der Waals surface area (Å²) in [6.07, 6.45) is 3.30. The third-order valence-corrected chi connectivity index (χ3v) is 3.94. The van der Waals surface area contributed by atoms with Gasteiger partial charge in [-0.25, -0.2) is 18.2 Å². The van der Waals surface area contributed by atoms with Crippen molar-refractivity contribution in [2.45, 2.75) is 18.1 Å². The van der Waals surface area contributed by atoms with Crippen LogP contribution in [0.1, 0.15) is 22.7 Å². The van der Waals surface area contributed by atoms with Crippen molar-refractivity contribution in [1.29, 1.82) is 0 Å². The molecule has 0 N–H and O–H groups in total. The first-order valence-corrected chi connectivity index (χ1v) is 7.95. The van der Waals surface area contributed by atoms with Gasteiger partial charge in [0.1, 0.15) is 6.61 Å². The second-order valence-electron chi connectivity index (χ2n) is 4.40. The van der Waals surface area contributed by atoms with Gasteiger partial charge < -0.3 is 4.74 Å². The Hall–Kier alpha value is -2.29. The molecule has 0 aliphatic carbocycles. The van der Waals surface area contributed by atoms with E-state index in [1.165, 1.54) is 30.5 Å². The Labute approximate surface area is 125 Å². The predicted octanol–water partition coefficient (Wildman–Crippen LogP) is 2.04. The number of aromatic nitrogens is 2. The van der Waals surface area contributed by atoms with Gasteiger partial charge >= 0.3 is 12.5 Å². The third kappa shape index (κ3) is 3.67. The molecule has 2 aromatic rings. The van der Waals surface area contributed by atoms with Crippen LogP contribution >= 0.6 is 0 Å². The molecule has 1 aromatic heterocycles. The smallest absolute Gasteiger partial charge is 0.338 e. The maximum Gasteiger partial charge on any atom is 0.338 e. The van der Waals surface area contributed by atoms with Crippen molar-refractivity contribution in [2.75, 3.05) is 6.26 Å². The Morgan fingerprint density at radius 1 is 1.32 bits per heavy atom. The molecule has 0 radical (unpaired) electrons. The lowest BCUT2D eigenvalue weighted by atomic mass is 10.2. The molecule has 9 heteroatoms. The number of sulfone groups is 1. The first kappa shape index (κ1) is 16.1. The number of hydrogen-bond donors (Lipinski definition) is 0. The molecule has 0 amide bonds. The van der Waals surface area contributed by atoms with Gasteiger partial charge in [0.25, 0.3) is 0 Å². The first-order chi connectivity index (χ1) is 10.3. The number of hydrogen-bond acceptors (Lipinski definition) is 5. The topological polar surface area (TPSA) is 78.3 Å². The van der Waals surface area contributed by atoms with Crippen molar-refractivity contribution >= 4 is 15.8 Å². The van der Waals surface area contributed by atoms with Crippen LogP contribution in [0.15, 0.2) is 41.6 Å². The highest BCUT2D eigenvalue weighted by molar-refractivity contribution is 7.90. The SMILES string of the molecule is CS(=O)(=O)c1ccc(C(=O)OCc2nccn2C(F)F)cc1. The van der Waals surface area contributed by atoms with E-state index in [0.29, 0.717) is 4.57 Å². The number of benzene rings is 1. The molecule has 118 valence electrons. The van der Waals surface area contributed by atoms with Crippen LogP contribution in [-0.4, -0.2) is 30.2 Å². The summed E-state index contributed by atoms with van der Waals surface area (Å²) in [7, 11) is -3.36. The summed E-state index contributed by atoms with van der Waals surface area (Å²) in [5.41, 5.74) is 0.113. The van der Waals surface area contributed by atoms with Crippen molar-refractivity contribution in [2.24, 2.45) is 0 Å². The average molecular weight is 330 g/mol. The van der Waals surface area contributed by atoms with Gasteiger partial charge in [-0.1, -0.05) is 0 Å². The van der Waals surface area contributed by atoms with Gasteiger partial charge in [-0.05, 0) is 24.3 Å². The maximum atomic E-state index is 12.6. The van der Waals surface area contributed by atoms with Crippen molar-refractivity contribution in [3.63, 3.8) is 0 Å². The molecule has 6 nitrogen and oxygen atoms in total. The predicted molar refractivity (Wildman–Crippen MR) is 72.2 cm³/mol. The molecule has 1 aromatic carbocycles. The van der Waals surface area contributed by atoms with Crippen molar-refractivity contribution in [3.8, 4) is 0 Å². The molecule has 0 bridgehead atoms. The van der Waals surface area contributed by atoms with Gasteiger partial charge in [-0.2, -0.15) is 8.78 Å². The van der Waals surface area contributed by atoms with E-state index < -0.39 is 29.0 Å². The van der Waals surface area contributed by atoms with Crippen LogP contribution in [0.3, 0.4) is 0 Å². The minimum Gasteiger partial charge on any atom is -0.454 e. The first-order valence-electron chi connectivity index (χ1n) is 6.06. The van der Waals surface area contributed by atoms with Gasteiger partial charge in [0.15, 0.2) is 15.7 Å². The number of halogens is 2. The molecule has 0 saturated heterocycles. The number of carbonyl (C=O) groups excluding carboxylic acids is 1. The summed E-state index contributed by atoms with van der Waals surface area (Å²) in [4.78, 5) is 15.5.